The van der Waals surface area contributed by atoms with Gasteiger partial charge in [0, 0.05) is 10.9 Å². The summed E-state index contributed by atoms with van der Waals surface area (Å²) < 4.78 is 9.61. The number of rotatable bonds is 3. The predicted molar refractivity (Wildman–Crippen MR) is 72.1 cm³/mol. The second kappa shape index (κ2) is 5.09. The van der Waals surface area contributed by atoms with E-state index in [1.165, 1.54) is 35.7 Å². The number of carbonyl (C=O) groups is 2. The number of nitrogens with one attached hydrogen (secondary N) is 1. The van der Waals surface area contributed by atoms with Gasteiger partial charge in [-0.3, -0.25) is 10.1 Å². The number of ether oxygens (including phenoxy) is 1. The SMILES string of the molecule is COC(=O)c1coc(C(=O)Nc2nc3c(s2)CCC3)c1. The second-order valence-corrected chi connectivity index (χ2v) is 5.47. The standard InChI is InChI=1S/C13H12N2O4S/c1-18-12(17)7-5-9(19-6-7)11(16)15-13-14-8-3-2-4-10(8)20-13/h5-6H,2-4H2,1H3,(H,14,15,16). The number of fused-ring (bicyclic) bond motifs is 1. The van der Waals surface area contributed by atoms with Crippen molar-refractivity contribution in [2.75, 3.05) is 12.4 Å². The number of carbonyl (C=O) groups excluding carboxylic acids is 2. The fraction of sp³-hybridized carbons (Fsp3) is 0.308. The van der Waals surface area contributed by atoms with Crippen molar-refractivity contribution in [2.24, 2.45) is 0 Å². The zero-order valence-electron chi connectivity index (χ0n) is 10.8. The highest BCUT2D eigenvalue weighted by atomic mass is 32.1. The van der Waals surface area contributed by atoms with Gasteiger partial charge < -0.3 is 9.15 Å². The van der Waals surface area contributed by atoms with Gasteiger partial charge in [-0.05, 0) is 19.3 Å². The smallest absolute Gasteiger partial charge is 0.341 e. The highest BCUT2D eigenvalue weighted by Gasteiger charge is 2.20. The molecule has 0 aliphatic heterocycles. The maximum atomic E-state index is 12.0. The van der Waals surface area contributed by atoms with E-state index in [2.05, 4.69) is 15.0 Å². The molecule has 0 fully saturated rings. The lowest BCUT2D eigenvalue weighted by molar-refractivity contribution is 0.0600. The van der Waals surface area contributed by atoms with Crippen LogP contribution in [0.5, 0.6) is 0 Å². The second-order valence-electron chi connectivity index (χ2n) is 4.39. The minimum Gasteiger partial charge on any atom is -0.465 e. The Morgan fingerprint density at radius 2 is 2.30 bits per heavy atom. The monoisotopic (exact) mass is 292 g/mol. The summed E-state index contributed by atoms with van der Waals surface area (Å²) in [5.74, 6) is -0.908. The van der Waals surface area contributed by atoms with Gasteiger partial charge in [-0.15, -0.1) is 11.3 Å². The van der Waals surface area contributed by atoms with Crippen LogP contribution in [0.1, 0.15) is 37.9 Å². The Morgan fingerprint density at radius 1 is 1.45 bits per heavy atom. The van der Waals surface area contributed by atoms with Crippen LogP contribution in [0.4, 0.5) is 5.13 Å². The van der Waals surface area contributed by atoms with Gasteiger partial charge >= 0.3 is 5.97 Å². The fourth-order valence-electron chi connectivity index (χ4n) is 2.08. The van der Waals surface area contributed by atoms with E-state index in [4.69, 9.17) is 4.42 Å². The molecule has 3 rings (SSSR count). The molecular weight excluding hydrogens is 280 g/mol. The number of methoxy groups -OCH3 is 1. The minimum absolute atomic E-state index is 0.0563. The Bertz CT molecular complexity index is 652. The van der Waals surface area contributed by atoms with E-state index in [0.29, 0.717) is 5.13 Å². The van der Waals surface area contributed by atoms with Gasteiger partial charge in [0.2, 0.25) is 0 Å². The van der Waals surface area contributed by atoms with E-state index < -0.39 is 11.9 Å². The summed E-state index contributed by atoms with van der Waals surface area (Å²) in [5.41, 5.74) is 1.28. The summed E-state index contributed by atoms with van der Waals surface area (Å²) in [7, 11) is 1.27. The molecule has 1 N–H and O–H groups in total. The van der Waals surface area contributed by atoms with Crippen molar-refractivity contribution in [3.63, 3.8) is 0 Å². The minimum atomic E-state index is -0.541. The topological polar surface area (TPSA) is 81.4 Å². The van der Waals surface area contributed by atoms with Gasteiger partial charge in [-0.25, -0.2) is 9.78 Å². The maximum Gasteiger partial charge on any atom is 0.341 e. The number of hydrogen-bond donors (Lipinski definition) is 1. The molecular formula is C13H12N2O4S. The molecule has 1 aliphatic carbocycles. The summed E-state index contributed by atoms with van der Waals surface area (Å²) in [5, 5.41) is 3.25. The van der Waals surface area contributed by atoms with Crippen LogP contribution in [0.25, 0.3) is 0 Å². The molecule has 0 unspecified atom stereocenters. The fourth-order valence-corrected chi connectivity index (χ4v) is 3.13. The molecule has 1 aliphatic rings. The Hall–Kier alpha value is -2.15. The third kappa shape index (κ3) is 2.32. The third-order valence-corrected chi connectivity index (χ3v) is 4.13. The zero-order valence-corrected chi connectivity index (χ0v) is 11.6. The number of aromatic nitrogens is 1. The molecule has 0 spiro atoms. The highest BCUT2D eigenvalue weighted by molar-refractivity contribution is 7.15. The van der Waals surface area contributed by atoms with Gasteiger partial charge in [-0.2, -0.15) is 0 Å². The van der Waals surface area contributed by atoms with Crippen molar-refractivity contribution in [2.45, 2.75) is 19.3 Å². The number of nitrogens with zero attached hydrogens (tertiary/aromatic N) is 1. The Balaban J connectivity index is 1.72. The Kier molecular flexibility index (Phi) is 3.27. The van der Waals surface area contributed by atoms with E-state index in [1.807, 2.05) is 0 Å². The van der Waals surface area contributed by atoms with Crippen LogP contribution in [-0.4, -0.2) is 24.0 Å². The quantitative estimate of drug-likeness (QED) is 0.878. The first-order chi connectivity index (χ1) is 9.67. The van der Waals surface area contributed by atoms with Crippen molar-refractivity contribution in [1.82, 2.24) is 4.98 Å². The van der Waals surface area contributed by atoms with Gasteiger partial charge in [0.15, 0.2) is 10.9 Å². The number of esters is 1. The number of anilines is 1. The average molecular weight is 292 g/mol. The predicted octanol–water partition coefficient (Wildman–Crippen LogP) is 2.26. The Morgan fingerprint density at radius 3 is 3.05 bits per heavy atom. The van der Waals surface area contributed by atoms with Crippen LogP contribution in [0.2, 0.25) is 0 Å². The number of furan rings is 1. The molecule has 2 aromatic rings. The molecule has 0 saturated heterocycles. The van der Waals surface area contributed by atoms with Crippen molar-refractivity contribution in [3.05, 3.63) is 34.2 Å². The summed E-state index contributed by atoms with van der Waals surface area (Å²) in [6, 6.07) is 1.35. The summed E-state index contributed by atoms with van der Waals surface area (Å²) in [6.45, 7) is 0. The lowest BCUT2D eigenvalue weighted by Gasteiger charge is -1.97. The van der Waals surface area contributed by atoms with E-state index in [0.717, 1.165) is 25.0 Å². The molecule has 0 aromatic carbocycles. The highest BCUT2D eigenvalue weighted by Crippen LogP contribution is 2.30. The summed E-state index contributed by atoms with van der Waals surface area (Å²) >= 11 is 1.49. The first-order valence-corrected chi connectivity index (χ1v) is 6.96. The molecule has 2 heterocycles. The van der Waals surface area contributed by atoms with E-state index in [-0.39, 0.29) is 11.3 Å². The summed E-state index contributed by atoms with van der Waals surface area (Å²) in [6.07, 6.45) is 4.32. The molecule has 2 aromatic heterocycles. The number of aryl methyl sites for hydroxylation is 2. The van der Waals surface area contributed by atoms with Gasteiger partial charge in [0.25, 0.3) is 5.91 Å². The lowest BCUT2D eigenvalue weighted by Crippen LogP contribution is -2.11. The van der Waals surface area contributed by atoms with Crippen molar-refractivity contribution >= 4 is 28.3 Å². The van der Waals surface area contributed by atoms with Crippen LogP contribution in [0.3, 0.4) is 0 Å². The van der Waals surface area contributed by atoms with Gasteiger partial charge in [0.1, 0.15) is 6.26 Å². The van der Waals surface area contributed by atoms with Crippen LogP contribution < -0.4 is 5.32 Å². The lowest BCUT2D eigenvalue weighted by atomic mass is 10.3. The normalized spacial score (nSPS) is 13.1. The van der Waals surface area contributed by atoms with E-state index in [1.54, 1.807) is 0 Å². The molecule has 6 nitrogen and oxygen atoms in total. The largest absolute Gasteiger partial charge is 0.465 e. The first kappa shape index (κ1) is 12.9. The number of hydrogen-bond acceptors (Lipinski definition) is 6. The average Bonchev–Trinajstić information content (AvgIpc) is 3.11. The first-order valence-electron chi connectivity index (χ1n) is 6.14. The van der Waals surface area contributed by atoms with E-state index in [9.17, 15) is 9.59 Å². The van der Waals surface area contributed by atoms with E-state index >= 15 is 0 Å². The van der Waals surface area contributed by atoms with Gasteiger partial charge in [-0.1, -0.05) is 0 Å². The Labute approximate surface area is 118 Å². The zero-order chi connectivity index (χ0) is 14.1. The molecule has 0 saturated carbocycles. The van der Waals surface area contributed by atoms with Crippen LogP contribution in [-0.2, 0) is 17.6 Å². The van der Waals surface area contributed by atoms with Crippen molar-refractivity contribution in [3.8, 4) is 0 Å². The molecule has 1 amide bonds. The van der Waals surface area contributed by atoms with Crippen molar-refractivity contribution < 1.29 is 18.7 Å². The number of thiazole rings is 1. The number of amides is 1. The van der Waals surface area contributed by atoms with Gasteiger partial charge in [0.05, 0.1) is 18.4 Å². The third-order valence-electron chi connectivity index (χ3n) is 3.06. The molecule has 7 heteroatoms. The summed E-state index contributed by atoms with van der Waals surface area (Å²) in [4.78, 5) is 28.9. The molecule has 0 radical (unpaired) electrons. The molecule has 20 heavy (non-hydrogen) atoms. The maximum absolute atomic E-state index is 12.0. The van der Waals surface area contributed by atoms with Crippen LogP contribution >= 0.6 is 11.3 Å². The van der Waals surface area contributed by atoms with Crippen molar-refractivity contribution in [1.29, 1.82) is 0 Å². The van der Waals surface area contributed by atoms with Crippen LogP contribution in [0, 0.1) is 0 Å². The molecule has 0 atom stereocenters. The molecule has 0 bridgehead atoms. The van der Waals surface area contributed by atoms with Crippen LogP contribution in [0.15, 0.2) is 16.7 Å². The molecule has 104 valence electrons.